The molecule has 0 spiro atoms. The number of hydrogen-bond donors (Lipinski definition) is 0. The molecule has 0 amide bonds. The zero-order valence-electron chi connectivity index (χ0n) is 37.7. The third-order valence-corrected chi connectivity index (χ3v) is 14.2. The van der Waals surface area contributed by atoms with Gasteiger partial charge in [-0.25, -0.2) is 0 Å². The summed E-state index contributed by atoms with van der Waals surface area (Å²) in [7, 11) is 0. The Labute approximate surface area is 399 Å². The van der Waals surface area contributed by atoms with Gasteiger partial charge in [0.05, 0.1) is 38.8 Å². The molecule has 14 rings (SSSR count). The van der Waals surface area contributed by atoms with E-state index in [2.05, 4.69) is 275 Å². The molecule has 3 heterocycles. The van der Waals surface area contributed by atoms with E-state index in [1.54, 1.807) is 0 Å². The minimum Gasteiger partial charge on any atom is -0.309 e. The lowest BCUT2D eigenvalue weighted by Crippen LogP contribution is -1.99. The Balaban J connectivity index is 1.02. The largest absolute Gasteiger partial charge is 0.309 e. The van der Waals surface area contributed by atoms with Crippen LogP contribution in [0.25, 0.3) is 127 Å². The smallest absolute Gasteiger partial charge is 0.0641 e. The van der Waals surface area contributed by atoms with Crippen LogP contribution < -0.4 is 0 Å². The number of para-hydroxylation sites is 3. The molecule has 0 unspecified atom stereocenters. The highest BCUT2D eigenvalue weighted by molar-refractivity contribution is 6.26. The molecule has 3 heteroatoms. The molecule has 0 saturated heterocycles. The van der Waals surface area contributed by atoms with Crippen LogP contribution in [0.3, 0.4) is 0 Å². The van der Waals surface area contributed by atoms with E-state index in [1.165, 1.54) is 98.8 Å². The summed E-state index contributed by atoms with van der Waals surface area (Å²) in [4.78, 5) is 0. The average Bonchev–Trinajstić information content (AvgIpc) is 4.07. The topological polar surface area (TPSA) is 14.8 Å². The lowest BCUT2D eigenvalue weighted by molar-refractivity contribution is 1.17. The molecule has 0 atom stereocenters. The fourth-order valence-corrected chi connectivity index (χ4v) is 11.1. The lowest BCUT2D eigenvalue weighted by Gasteiger charge is -2.17. The van der Waals surface area contributed by atoms with E-state index in [-0.39, 0.29) is 0 Å². The fraction of sp³-hybridized carbons (Fsp3) is 0. The number of fused-ring (bicyclic) bond motifs is 10. The molecule has 0 saturated carbocycles. The molecular formula is C66H43N3. The van der Waals surface area contributed by atoms with Gasteiger partial charge in [-0.1, -0.05) is 188 Å². The van der Waals surface area contributed by atoms with Crippen molar-refractivity contribution in [1.29, 1.82) is 0 Å². The molecule has 0 bridgehead atoms. The second kappa shape index (κ2) is 15.7. The van der Waals surface area contributed by atoms with Crippen LogP contribution in [-0.2, 0) is 0 Å². The third kappa shape index (κ3) is 6.21. The Morgan fingerprint density at radius 1 is 0.217 bits per heavy atom. The van der Waals surface area contributed by atoms with Crippen molar-refractivity contribution in [3.8, 4) is 61.6 Å². The zero-order valence-corrected chi connectivity index (χ0v) is 37.7. The van der Waals surface area contributed by atoms with Crippen molar-refractivity contribution in [3.05, 3.63) is 261 Å². The molecule has 11 aromatic carbocycles. The quantitative estimate of drug-likeness (QED) is 0.152. The summed E-state index contributed by atoms with van der Waals surface area (Å²) < 4.78 is 7.42. The standard InChI is InChI=1S/C66H43N3/c1-4-17-44(18-5-1)47-31-35-51(36-32-47)67-59-28-13-11-26-54(59)58-43-50(34-39-63(58)67)57-42-49(46-21-8-3-9-22-46)33-38-62(57)69-61-30-15-12-27-56(61)65-64(69)40-37-55-53-25-10-14-29-60(53)68(66(55)65)52-24-16-23-48(41-52)45-19-6-2-7-20-45/h1-43H. The predicted molar refractivity (Wildman–Crippen MR) is 291 cm³/mol. The number of hydrogen-bond acceptors (Lipinski definition) is 0. The molecule has 0 aliphatic rings. The van der Waals surface area contributed by atoms with Gasteiger partial charge in [-0.3, -0.25) is 0 Å². The first-order valence-corrected chi connectivity index (χ1v) is 23.8. The number of rotatable bonds is 7. The summed E-state index contributed by atoms with van der Waals surface area (Å²) >= 11 is 0. The molecule has 0 radical (unpaired) electrons. The maximum atomic E-state index is 2.51. The van der Waals surface area contributed by atoms with Gasteiger partial charge in [-0.15, -0.1) is 0 Å². The van der Waals surface area contributed by atoms with E-state index < -0.39 is 0 Å². The normalized spacial score (nSPS) is 11.8. The minimum atomic E-state index is 1.13. The second-order valence-corrected chi connectivity index (χ2v) is 18.1. The molecule has 3 aromatic heterocycles. The maximum Gasteiger partial charge on any atom is 0.0641 e. The maximum absolute atomic E-state index is 2.51. The van der Waals surface area contributed by atoms with Crippen molar-refractivity contribution >= 4 is 65.4 Å². The summed E-state index contributed by atoms with van der Waals surface area (Å²) in [5, 5.41) is 7.38. The Kier molecular flexibility index (Phi) is 8.90. The number of aromatic nitrogens is 3. The first-order valence-electron chi connectivity index (χ1n) is 23.8. The first kappa shape index (κ1) is 39.0. The van der Waals surface area contributed by atoms with Gasteiger partial charge in [0.15, 0.2) is 0 Å². The predicted octanol–water partition coefficient (Wildman–Crippen LogP) is 17.6. The van der Waals surface area contributed by atoms with E-state index in [4.69, 9.17) is 0 Å². The second-order valence-electron chi connectivity index (χ2n) is 18.1. The summed E-state index contributed by atoms with van der Waals surface area (Å²) in [6.45, 7) is 0. The molecule has 3 nitrogen and oxygen atoms in total. The van der Waals surface area contributed by atoms with Crippen molar-refractivity contribution < 1.29 is 0 Å². The summed E-state index contributed by atoms with van der Waals surface area (Å²) in [5.74, 6) is 0. The highest BCUT2D eigenvalue weighted by Crippen LogP contribution is 2.45. The Morgan fingerprint density at radius 2 is 0.696 bits per heavy atom. The van der Waals surface area contributed by atoms with Crippen LogP contribution in [0.15, 0.2) is 261 Å². The lowest BCUT2D eigenvalue weighted by atomic mass is 9.96. The number of benzene rings is 11. The minimum absolute atomic E-state index is 1.13. The molecule has 0 fully saturated rings. The van der Waals surface area contributed by atoms with Gasteiger partial charge in [0, 0.05) is 49.3 Å². The SMILES string of the molecule is c1ccc(-c2ccc(-n3c4ccccc4c4cc(-c5cc(-c6ccccc6)ccc5-n5c6ccccc6c6c5ccc5c7ccccc7n(-c7cccc(-c8ccccc8)c7)c56)ccc43)cc2)cc1. The van der Waals surface area contributed by atoms with Crippen LogP contribution in [0.5, 0.6) is 0 Å². The van der Waals surface area contributed by atoms with Gasteiger partial charge < -0.3 is 13.7 Å². The molecule has 14 aromatic rings. The Bertz CT molecular complexity index is 4270. The summed E-state index contributed by atoms with van der Waals surface area (Å²) in [5.41, 5.74) is 20.0. The Hall–Kier alpha value is -9.18. The average molecular weight is 878 g/mol. The van der Waals surface area contributed by atoms with E-state index in [0.29, 0.717) is 0 Å². The van der Waals surface area contributed by atoms with Gasteiger partial charge >= 0.3 is 0 Å². The Morgan fingerprint density at radius 3 is 1.38 bits per heavy atom. The van der Waals surface area contributed by atoms with Gasteiger partial charge in [-0.05, 0) is 112 Å². The van der Waals surface area contributed by atoms with Crippen LogP contribution in [0.4, 0.5) is 0 Å². The highest BCUT2D eigenvalue weighted by atomic mass is 15.0. The zero-order chi connectivity index (χ0) is 45.4. The van der Waals surface area contributed by atoms with Crippen molar-refractivity contribution in [2.75, 3.05) is 0 Å². The molecule has 0 N–H and O–H groups in total. The molecule has 322 valence electrons. The molecule has 69 heavy (non-hydrogen) atoms. The summed E-state index contributed by atoms with van der Waals surface area (Å²) in [6.07, 6.45) is 0. The first-order chi connectivity index (χ1) is 34.2. The van der Waals surface area contributed by atoms with Gasteiger partial charge in [0.2, 0.25) is 0 Å². The fourth-order valence-electron chi connectivity index (χ4n) is 11.1. The summed E-state index contributed by atoms with van der Waals surface area (Å²) in [6, 6.07) is 95.5. The van der Waals surface area contributed by atoms with Gasteiger partial charge in [0.25, 0.3) is 0 Å². The molecule has 0 aliphatic heterocycles. The van der Waals surface area contributed by atoms with E-state index >= 15 is 0 Å². The third-order valence-electron chi connectivity index (χ3n) is 14.2. The molecule has 0 aliphatic carbocycles. The van der Waals surface area contributed by atoms with E-state index in [9.17, 15) is 0 Å². The van der Waals surface area contributed by atoms with E-state index in [1.807, 2.05) is 0 Å². The van der Waals surface area contributed by atoms with Crippen LogP contribution in [0, 0.1) is 0 Å². The van der Waals surface area contributed by atoms with Crippen molar-refractivity contribution in [2.45, 2.75) is 0 Å². The number of nitrogens with zero attached hydrogens (tertiary/aromatic N) is 3. The van der Waals surface area contributed by atoms with Crippen LogP contribution in [0.2, 0.25) is 0 Å². The monoisotopic (exact) mass is 877 g/mol. The van der Waals surface area contributed by atoms with Crippen LogP contribution in [-0.4, -0.2) is 13.7 Å². The van der Waals surface area contributed by atoms with Crippen molar-refractivity contribution in [1.82, 2.24) is 13.7 Å². The van der Waals surface area contributed by atoms with Crippen molar-refractivity contribution in [2.24, 2.45) is 0 Å². The van der Waals surface area contributed by atoms with Gasteiger partial charge in [-0.2, -0.15) is 0 Å². The van der Waals surface area contributed by atoms with E-state index in [0.717, 1.165) is 28.1 Å². The van der Waals surface area contributed by atoms with Crippen LogP contribution >= 0.6 is 0 Å². The molecular weight excluding hydrogens is 835 g/mol. The van der Waals surface area contributed by atoms with Crippen LogP contribution in [0.1, 0.15) is 0 Å². The van der Waals surface area contributed by atoms with Crippen molar-refractivity contribution in [3.63, 3.8) is 0 Å². The van der Waals surface area contributed by atoms with Gasteiger partial charge in [0.1, 0.15) is 0 Å². The highest BCUT2D eigenvalue weighted by Gasteiger charge is 2.23.